The number of alkyl halides is 4. The predicted molar refractivity (Wildman–Crippen MR) is 70.1 cm³/mol. The highest BCUT2D eigenvalue weighted by Crippen LogP contribution is 2.27. The third kappa shape index (κ3) is 7.70. The van der Waals surface area contributed by atoms with Crippen LogP contribution >= 0.6 is 0 Å². The molecule has 1 nitrogen and oxygen atoms in total. The highest BCUT2D eigenvalue weighted by molar-refractivity contribution is 5.27. The summed E-state index contributed by atoms with van der Waals surface area (Å²) in [7, 11) is 0. The first-order valence-corrected chi connectivity index (χ1v) is 6.39. The second-order valence-electron chi connectivity index (χ2n) is 2.96. The van der Waals surface area contributed by atoms with Crippen molar-refractivity contribution in [3.05, 3.63) is 29.8 Å². The molecule has 0 saturated heterocycles. The standard InChI is InChI=1S/C10H10F4O.2C2H6/c1-2-7-3-5-8(6-4-7)15-10(13,14)9(11)12;2*1-2/h3-6,9H,2H2,1H3;2*1-2H3. The van der Waals surface area contributed by atoms with Gasteiger partial charge < -0.3 is 4.74 Å². The van der Waals surface area contributed by atoms with E-state index in [1.54, 1.807) is 12.1 Å². The van der Waals surface area contributed by atoms with Crippen LogP contribution in [0.3, 0.4) is 0 Å². The van der Waals surface area contributed by atoms with E-state index in [1.165, 1.54) is 12.1 Å². The highest BCUT2D eigenvalue weighted by atomic mass is 19.3. The second-order valence-corrected chi connectivity index (χ2v) is 2.96. The van der Waals surface area contributed by atoms with Gasteiger partial charge in [-0.1, -0.05) is 46.8 Å². The maximum atomic E-state index is 12.4. The number of hydrogen-bond acceptors (Lipinski definition) is 1. The molecule has 0 fully saturated rings. The van der Waals surface area contributed by atoms with Crippen LogP contribution in [0.15, 0.2) is 24.3 Å². The Morgan fingerprint density at radius 2 is 1.42 bits per heavy atom. The van der Waals surface area contributed by atoms with Gasteiger partial charge in [0.25, 0.3) is 0 Å². The van der Waals surface area contributed by atoms with Crippen LogP contribution < -0.4 is 4.74 Å². The van der Waals surface area contributed by atoms with Gasteiger partial charge in [0.15, 0.2) is 0 Å². The average molecular weight is 282 g/mol. The SMILES string of the molecule is CC.CC.CCc1ccc(OC(F)(F)C(F)F)cc1. The number of ether oxygens (including phenoxy) is 1. The Hall–Kier alpha value is -1.26. The van der Waals surface area contributed by atoms with E-state index in [9.17, 15) is 17.6 Å². The molecule has 0 aliphatic carbocycles. The highest BCUT2D eigenvalue weighted by Gasteiger charge is 2.43. The van der Waals surface area contributed by atoms with Crippen LogP contribution in [-0.2, 0) is 6.42 Å². The van der Waals surface area contributed by atoms with Crippen LogP contribution in [-0.4, -0.2) is 12.5 Å². The van der Waals surface area contributed by atoms with Gasteiger partial charge in [-0.2, -0.15) is 17.6 Å². The Kier molecular flexibility index (Phi) is 11.2. The molecule has 1 rings (SSSR count). The Balaban J connectivity index is 0. The van der Waals surface area contributed by atoms with Crippen LogP contribution in [0.4, 0.5) is 17.6 Å². The second kappa shape index (κ2) is 10.6. The van der Waals surface area contributed by atoms with E-state index in [1.807, 2.05) is 34.6 Å². The van der Waals surface area contributed by atoms with Crippen molar-refractivity contribution in [3.8, 4) is 5.75 Å². The van der Waals surface area contributed by atoms with E-state index in [0.29, 0.717) is 0 Å². The Morgan fingerprint density at radius 3 is 1.74 bits per heavy atom. The summed E-state index contributed by atoms with van der Waals surface area (Å²) in [6, 6.07) is 5.60. The van der Waals surface area contributed by atoms with Crippen molar-refractivity contribution in [2.24, 2.45) is 0 Å². The van der Waals surface area contributed by atoms with Gasteiger partial charge in [0.1, 0.15) is 5.75 Å². The maximum absolute atomic E-state index is 12.4. The molecule has 1 aromatic carbocycles. The zero-order chi connectivity index (χ0) is 15.5. The predicted octanol–water partition coefficient (Wildman–Crippen LogP) is 5.54. The molecular weight excluding hydrogens is 260 g/mol. The molecule has 0 saturated carbocycles. The van der Waals surface area contributed by atoms with Gasteiger partial charge in [-0.3, -0.25) is 0 Å². The lowest BCUT2D eigenvalue weighted by molar-refractivity contribution is -0.253. The first kappa shape index (κ1) is 20.1. The van der Waals surface area contributed by atoms with E-state index in [2.05, 4.69) is 4.74 Å². The average Bonchev–Trinajstić information content (AvgIpc) is 2.43. The molecule has 5 heteroatoms. The van der Waals surface area contributed by atoms with Gasteiger partial charge in [0, 0.05) is 0 Å². The van der Waals surface area contributed by atoms with E-state index in [4.69, 9.17) is 0 Å². The minimum atomic E-state index is -4.44. The quantitative estimate of drug-likeness (QED) is 0.659. The molecule has 1 aromatic rings. The topological polar surface area (TPSA) is 9.23 Å². The molecule has 0 radical (unpaired) electrons. The van der Waals surface area contributed by atoms with Crippen molar-refractivity contribution in [1.29, 1.82) is 0 Å². The fourth-order valence-electron chi connectivity index (χ4n) is 0.995. The van der Waals surface area contributed by atoms with E-state index < -0.39 is 12.5 Å². The molecule has 0 atom stereocenters. The summed E-state index contributed by atoms with van der Waals surface area (Å²) in [6.07, 6.45) is -7.53. The van der Waals surface area contributed by atoms with E-state index >= 15 is 0 Å². The molecule has 0 N–H and O–H groups in total. The lowest BCUT2D eigenvalue weighted by Crippen LogP contribution is -2.33. The molecule has 0 aliphatic heterocycles. The monoisotopic (exact) mass is 282 g/mol. The van der Waals surface area contributed by atoms with Crippen LogP contribution in [0, 0.1) is 0 Å². The third-order valence-electron chi connectivity index (χ3n) is 1.84. The summed E-state index contributed by atoms with van der Waals surface area (Å²) in [5.41, 5.74) is 0.919. The lowest BCUT2D eigenvalue weighted by Gasteiger charge is -2.16. The fourth-order valence-corrected chi connectivity index (χ4v) is 0.995. The summed E-state index contributed by atoms with van der Waals surface area (Å²) < 4.78 is 52.3. The Bertz CT molecular complexity index is 310. The van der Waals surface area contributed by atoms with Gasteiger partial charge in [0.05, 0.1) is 0 Å². The zero-order valence-electron chi connectivity index (χ0n) is 12.0. The molecule has 112 valence electrons. The fraction of sp³-hybridized carbons (Fsp3) is 0.571. The molecule has 0 heterocycles. The Morgan fingerprint density at radius 1 is 1.00 bits per heavy atom. The molecule has 0 aliphatic rings. The molecule has 0 spiro atoms. The van der Waals surface area contributed by atoms with Crippen LogP contribution in [0.25, 0.3) is 0 Å². The van der Waals surface area contributed by atoms with E-state index in [-0.39, 0.29) is 5.75 Å². The molecule has 0 unspecified atom stereocenters. The number of hydrogen-bond donors (Lipinski definition) is 0. The number of rotatable bonds is 4. The van der Waals surface area contributed by atoms with Crippen molar-refractivity contribution in [3.63, 3.8) is 0 Å². The smallest absolute Gasteiger partial charge is 0.428 e. The molecule has 0 bridgehead atoms. The molecule has 0 aromatic heterocycles. The van der Waals surface area contributed by atoms with Gasteiger partial charge in [-0.25, -0.2) is 0 Å². The maximum Gasteiger partial charge on any atom is 0.461 e. The number of benzene rings is 1. The zero-order valence-corrected chi connectivity index (χ0v) is 12.0. The summed E-state index contributed by atoms with van der Waals surface area (Å²) in [5, 5.41) is 0. The minimum absolute atomic E-state index is 0.266. The Labute approximate surface area is 112 Å². The van der Waals surface area contributed by atoms with Crippen molar-refractivity contribution in [2.45, 2.75) is 53.6 Å². The summed E-state index contributed by atoms with van der Waals surface area (Å²) in [6.45, 7) is 9.89. The van der Waals surface area contributed by atoms with Crippen molar-refractivity contribution in [1.82, 2.24) is 0 Å². The van der Waals surface area contributed by atoms with Gasteiger partial charge in [0.2, 0.25) is 0 Å². The molecule has 19 heavy (non-hydrogen) atoms. The van der Waals surface area contributed by atoms with Gasteiger partial charge in [-0.05, 0) is 24.1 Å². The van der Waals surface area contributed by atoms with Crippen molar-refractivity contribution in [2.75, 3.05) is 0 Å². The number of halogens is 4. The first-order valence-electron chi connectivity index (χ1n) is 6.39. The minimum Gasteiger partial charge on any atom is -0.428 e. The van der Waals surface area contributed by atoms with Crippen LogP contribution in [0.5, 0.6) is 5.75 Å². The van der Waals surface area contributed by atoms with Crippen molar-refractivity contribution >= 4 is 0 Å². The molecule has 0 amide bonds. The van der Waals surface area contributed by atoms with Crippen molar-refractivity contribution < 1.29 is 22.3 Å². The summed E-state index contributed by atoms with van der Waals surface area (Å²) >= 11 is 0. The van der Waals surface area contributed by atoms with Gasteiger partial charge >= 0.3 is 12.5 Å². The first-order chi connectivity index (χ1) is 8.95. The van der Waals surface area contributed by atoms with Crippen LogP contribution in [0.2, 0.25) is 0 Å². The van der Waals surface area contributed by atoms with Gasteiger partial charge in [-0.15, -0.1) is 0 Å². The largest absolute Gasteiger partial charge is 0.461 e. The van der Waals surface area contributed by atoms with Crippen LogP contribution in [0.1, 0.15) is 40.2 Å². The summed E-state index contributed by atoms with van der Waals surface area (Å²) in [5.74, 6) is -0.266. The summed E-state index contributed by atoms with van der Waals surface area (Å²) in [4.78, 5) is 0. The third-order valence-corrected chi connectivity index (χ3v) is 1.84. The number of aryl methyl sites for hydroxylation is 1. The van der Waals surface area contributed by atoms with E-state index in [0.717, 1.165) is 12.0 Å². The molecular formula is C14H22F4O. The lowest BCUT2D eigenvalue weighted by atomic mass is 10.2. The normalized spacial score (nSPS) is 10.0.